The van der Waals surface area contributed by atoms with Crippen molar-refractivity contribution in [3.63, 3.8) is 0 Å². The smallest absolute Gasteiger partial charge is 0.321 e. The molecule has 1 heterocycles. The number of piperazine rings is 1. The van der Waals surface area contributed by atoms with E-state index in [1.54, 1.807) is 6.92 Å². The van der Waals surface area contributed by atoms with Crippen LogP contribution in [0.2, 0.25) is 0 Å². The number of rotatable bonds is 4. The van der Waals surface area contributed by atoms with Crippen LogP contribution >= 0.6 is 0 Å². The summed E-state index contributed by atoms with van der Waals surface area (Å²) in [4.78, 5) is 40.2. The summed E-state index contributed by atoms with van der Waals surface area (Å²) in [6.07, 6.45) is 0. The molecule has 1 aliphatic heterocycles. The lowest BCUT2D eigenvalue weighted by Gasteiger charge is -2.40. The van der Waals surface area contributed by atoms with Crippen molar-refractivity contribution in [3.8, 4) is 0 Å². The number of hydrogen-bond acceptors (Lipinski definition) is 4. The van der Waals surface area contributed by atoms with Crippen LogP contribution in [-0.2, 0) is 15.0 Å². The van der Waals surface area contributed by atoms with Crippen molar-refractivity contribution in [1.82, 2.24) is 20.4 Å². The molecule has 0 bridgehead atoms. The Hall–Kier alpha value is -2.41. The van der Waals surface area contributed by atoms with Crippen molar-refractivity contribution < 1.29 is 14.4 Å². The van der Waals surface area contributed by atoms with Gasteiger partial charge in [0.1, 0.15) is 0 Å². The predicted octanol–water partition coefficient (Wildman–Crippen LogP) is 0.953. The molecule has 0 radical (unpaired) electrons. The van der Waals surface area contributed by atoms with Crippen LogP contribution in [0.4, 0.5) is 4.79 Å². The molecule has 1 atom stereocenters. The summed E-state index contributed by atoms with van der Waals surface area (Å²) in [5, 5.41) is 4.66. The van der Waals surface area contributed by atoms with Gasteiger partial charge in [0.05, 0.1) is 11.5 Å². The second-order valence-electron chi connectivity index (χ2n) is 7.06. The molecule has 0 aliphatic carbocycles. The van der Waals surface area contributed by atoms with Gasteiger partial charge in [0.2, 0.25) is 11.8 Å². The molecule has 2 N–H and O–H groups in total. The van der Waals surface area contributed by atoms with Crippen LogP contribution in [0.15, 0.2) is 30.3 Å². The fraction of sp³-hybridized carbons (Fsp3) is 0.526. The van der Waals surface area contributed by atoms with Gasteiger partial charge in [-0.05, 0) is 26.3 Å². The maximum Gasteiger partial charge on any atom is 0.321 e. The van der Waals surface area contributed by atoms with Gasteiger partial charge in [0.15, 0.2) is 0 Å². The van der Waals surface area contributed by atoms with Crippen molar-refractivity contribution in [1.29, 1.82) is 0 Å². The summed E-state index contributed by atoms with van der Waals surface area (Å²) in [5.74, 6) is -0.250. The lowest BCUT2D eigenvalue weighted by atomic mass is 9.83. The van der Waals surface area contributed by atoms with E-state index in [4.69, 9.17) is 0 Å². The third kappa shape index (κ3) is 4.40. The first kappa shape index (κ1) is 19.9. The highest BCUT2D eigenvalue weighted by atomic mass is 16.2. The Bertz CT molecular complexity index is 652. The Morgan fingerprint density at radius 2 is 1.62 bits per heavy atom. The number of urea groups is 1. The van der Waals surface area contributed by atoms with Crippen molar-refractivity contribution in [2.75, 3.05) is 33.2 Å². The molecular weight excluding hydrogens is 332 g/mol. The van der Waals surface area contributed by atoms with Crippen LogP contribution in [0.1, 0.15) is 26.3 Å². The zero-order chi connectivity index (χ0) is 19.3. The minimum Gasteiger partial charge on any atom is -0.341 e. The largest absolute Gasteiger partial charge is 0.341 e. The van der Waals surface area contributed by atoms with Crippen LogP contribution in [-0.4, -0.2) is 66.9 Å². The van der Waals surface area contributed by atoms with Gasteiger partial charge >= 0.3 is 6.03 Å². The molecule has 1 saturated heterocycles. The van der Waals surface area contributed by atoms with E-state index >= 15 is 0 Å². The minimum atomic E-state index is -0.592. The zero-order valence-electron chi connectivity index (χ0n) is 15.9. The van der Waals surface area contributed by atoms with Crippen LogP contribution in [0.25, 0.3) is 0 Å². The van der Waals surface area contributed by atoms with E-state index in [-0.39, 0.29) is 11.8 Å². The van der Waals surface area contributed by atoms with Gasteiger partial charge in [-0.15, -0.1) is 0 Å². The third-order valence-electron chi connectivity index (χ3n) is 5.02. The van der Waals surface area contributed by atoms with E-state index in [2.05, 4.69) is 10.6 Å². The van der Waals surface area contributed by atoms with Gasteiger partial charge in [0.25, 0.3) is 0 Å². The monoisotopic (exact) mass is 360 g/mol. The van der Waals surface area contributed by atoms with Gasteiger partial charge in [-0.25, -0.2) is 4.79 Å². The molecule has 4 amide bonds. The van der Waals surface area contributed by atoms with E-state index in [0.717, 1.165) is 5.56 Å². The lowest BCUT2D eigenvalue weighted by molar-refractivity contribution is -0.138. The molecule has 1 aromatic carbocycles. The normalized spacial score (nSPS) is 16.7. The van der Waals surface area contributed by atoms with Gasteiger partial charge < -0.3 is 10.2 Å². The topological polar surface area (TPSA) is 81.8 Å². The summed E-state index contributed by atoms with van der Waals surface area (Å²) >= 11 is 0. The van der Waals surface area contributed by atoms with Crippen molar-refractivity contribution in [2.24, 2.45) is 0 Å². The number of carbonyl (C=O) groups is 3. The van der Waals surface area contributed by atoms with Gasteiger partial charge in [-0.1, -0.05) is 30.3 Å². The number of imide groups is 1. The molecule has 0 spiro atoms. The van der Waals surface area contributed by atoms with Gasteiger partial charge in [0, 0.05) is 33.2 Å². The number of benzene rings is 1. The lowest BCUT2D eigenvalue weighted by Crippen LogP contribution is -2.57. The highest BCUT2D eigenvalue weighted by molar-refractivity contribution is 5.96. The third-order valence-corrected chi connectivity index (χ3v) is 5.02. The number of carbonyl (C=O) groups excluding carboxylic acids is 3. The second kappa shape index (κ2) is 8.31. The first-order chi connectivity index (χ1) is 12.3. The number of nitrogens with zero attached hydrogens (tertiary/aromatic N) is 2. The molecule has 7 heteroatoms. The maximum absolute atomic E-state index is 13.0. The zero-order valence-corrected chi connectivity index (χ0v) is 15.9. The second-order valence-corrected chi connectivity index (χ2v) is 7.06. The van der Waals surface area contributed by atoms with Gasteiger partial charge in [-0.2, -0.15) is 0 Å². The Labute approximate surface area is 154 Å². The fourth-order valence-corrected chi connectivity index (χ4v) is 3.13. The molecule has 0 saturated carbocycles. The van der Waals surface area contributed by atoms with Crippen molar-refractivity contribution in [2.45, 2.75) is 32.2 Å². The van der Waals surface area contributed by atoms with E-state index in [1.165, 1.54) is 7.05 Å². The standard InChI is InChI=1S/C19H28N4O3/c1-14(16(24)21-18(26)20-4)22-10-12-23(13-11-22)17(25)19(2,3)15-8-6-5-7-9-15/h5-9,14H,10-13H2,1-4H3,(H2,20,21,24,26)/t14-/m0/s1. The molecule has 2 rings (SSSR count). The quantitative estimate of drug-likeness (QED) is 0.838. The summed E-state index contributed by atoms with van der Waals surface area (Å²) in [6.45, 7) is 7.97. The van der Waals surface area contributed by atoms with Crippen molar-refractivity contribution >= 4 is 17.8 Å². The maximum atomic E-state index is 13.0. The SMILES string of the molecule is CNC(=O)NC(=O)[C@H](C)N1CCN(C(=O)C(C)(C)c2ccccc2)CC1. The Morgan fingerprint density at radius 1 is 1.04 bits per heavy atom. The van der Waals surface area contributed by atoms with Gasteiger partial charge in [-0.3, -0.25) is 19.8 Å². The van der Waals surface area contributed by atoms with Crippen molar-refractivity contribution in [3.05, 3.63) is 35.9 Å². The molecule has 0 aromatic heterocycles. The summed E-state index contributed by atoms with van der Waals surface area (Å²) < 4.78 is 0. The van der Waals surface area contributed by atoms with E-state index < -0.39 is 17.5 Å². The fourth-order valence-electron chi connectivity index (χ4n) is 3.13. The molecule has 1 fully saturated rings. The molecule has 0 unspecified atom stereocenters. The highest BCUT2D eigenvalue weighted by Crippen LogP contribution is 2.26. The molecule has 1 aromatic rings. The molecule has 26 heavy (non-hydrogen) atoms. The number of amides is 4. The predicted molar refractivity (Wildman–Crippen MR) is 99.7 cm³/mol. The molecule has 1 aliphatic rings. The first-order valence-electron chi connectivity index (χ1n) is 8.89. The summed E-state index contributed by atoms with van der Waals surface area (Å²) in [5.41, 5.74) is 0.400. The summed E-state index contributed by atoms with van der Waals surface area (Å²) in [7, 11) is 1.46. The van der Waals surface area contributed by atoms with Crippen LogP contribution in [0.5, 0.6) is 0 Å². The average molecular weight is 360 g/mol. The first-order valence-corrected chi connectivity index (χ1v) is 8.89. The Kier molecular flexibility index (Phi) is 6.37. The highest BCUT2D eigenvalue weighted by Gasteiger charge is 2.36. The number of nitrogens with one attached hydrogen (secondary N) is 2. The van der Waals surface area contributed by atoms with Crippen LogP contribution in [0.3, 0.4) is 0 Å². The minimum absolute atomic E-state index is 0.0887. The number of hydrogen-bond donors (Lipinski definition) is 2. The van der Waals surface area contributed by atoms with Crippen LogP contribution < -0.4 is 10.6 Å². The summed E-state index contributed by atoms with van der Waals surface area (Å²) in [6, 6.07) is 8.82. The van der Waals surface area contributed by atoms with E-state index in [9.17, 15) is 14.4 Å². The Balaban J connectivity index is 1.94. The molecule has 142 valence electrons. The molecular formula is C19H28N4O3. The molecule has 7 nitrogen and oxygen atoms in total. The van der Waals surface area contributed by atoms with E-state index in [0.29, 0.717) is 26.2 Å². The average Bonchev–Trinajstić information content (AvgIpc) is 2.67. The van der Waals surface area contributed by atoms with E-state index in [1.807, 2.05) is 54.0 Å². The van der Waals surface area contributed by atoms with Crippen LogP contribution in [0, 0.1) is 0 Å². The Morgan fingerprint density at radius 3 is 2.15 bits per heavy atom.